The van der Waals surface area contributed by atoms with E-state index in [1.54, 1.807) is 0 Å². The molecule has 5 heavy (non-hydrogen) atoms. The molecule has 1 amide bonds. The van der Waals surface area contributed by atoms with Crippen molar-refractivity contribution in [2.45, 2.75) is 0 Å². The SMILES string of the molecule is NC(=O)[O][SbH2]. The third-order valence-corrected chi connectivity index (χ3v) is 0.779. The third-order valence-electron chi connectivity index (χ3n) is 0.116. The summed E-state index contributed by atoms with van der Waals surface area (Å²) in [4.78, 5) is 9.40. The van der Waals surface area contributed by atoms with Crippen molar-refractivity contribution in [3.63, 3.8) is 0 Å². The molecular formula is CH4NO2Sb. The molecule has 0 heterocycles. The number of amides is 1. The van der Waals surface area contributed by atoms with Crippen LogP contribution in [0.4, 0.5) is 4.79 Å². The van der Waals surface area contributed by atoms with Crippen LogP contribution in [0, 0.1) is 0 Å². The molecule has 0 aromatic rings. The van der Waals surface area contributed by atoms with Crippen molar-refractivity contribution >= 4 is 29.5 Å². The van der Waals surface area contributed by atoms with Gasteiger partial charge >= 0.3 is 43.1 Å². The molecule has 0 aliphatic carbocycles. The van der Waals surface area contributed by atoms with Crippen LogP contribution in [0.1, 0.15) is 0 Å². The van der Waals surface area contributed by atoms with Crippen LogP contribution in [0.3, 0.4) is 0 Å². The first-order valence-electron chi connectivity index (χ1n) is 0.933. The van der Waals surface area contributed by atoms with E-state index >= 15 is 0 Å². The van der Waals surface area contributed by atoms with Gasteiger partial charge in [-0.15, -0.1) is 0 Å². The van der Waals surface area contributed by atoms with Gasteiger partial charge in [-0.3, -0.25) is 0 Å². The topological polar surface area (TPSA) is 52.3 Å². The Hall–Kier alpha value is 0.0882. The minimum absolute atomic E-state index is 0.452. The van der Waals surface area contributed by atoms with Crippen molar-refractivity contribution in [2.24, 2.45) is 5.73 Å². The van der Waals surface area contributed by atoms with E-state index in [0.717, 1.165) is 0 Å². The van der Waals surface area contributed by atoms with Gasteiger partial charge in [0.15, 0.2) is 0 Å². The summed E-state index contributed by atoms with van der Waals surface area (Å²) < 4.78 is 4.02. The first-order valence-corrected chi connectivity index (χ1v) is 2.28. The monoisotopic (exact) mass is 183 g/mol. The molecule has 0 rings (SSSR count). The van der Waals surface area contributed by atoms with Crippen LogP contribution in [-0.4, -0.2) is 29.5 Å². The van der Waals surface area contributed by atoms with Gasteiger partial charge in [0.1, 0.15) is 0 Å². The molecule has 0 aliphatic rings. The molecular weight excluding hydrogens is 180 g/mol. The predicted molar refractivity (Wildman–Crippen MR) is 19.2 cm³/mol. The van der Waals surface area contributed by atoms with E-state index in [1.165, 1.54) is 0 Å². The Morgan fingerprint density at radius 3 is 2.20 bits per heavy atom. The van der Waals surface area contributed by atoms with E-state index in [0.29, 0.717) is 23.4 Å². The molecule has 0 spiro atoms. The molecule has 0 unspecified atom stereocenters. The fourth-order valence-electron chi connectivity index (χ4n) is 0. The second kappa shape index (κ2) is 2.33. The molecule has 0 fully saturated rings. The number of primary amides is 1. The quantitative estimate of drug-likeness (QED) is 0.472. The van der Waals surface area contributed by atoms with Crippen molar-refractivity contribution in [1.82, 2.24) is 0 Å². The summed E-state index contributed by atoms with van der Waals surface area (Å²) in [5.74, 6) is 0. The second-order valence-corrected chi connectivity index (χ2v) is 1.11. The van der Waals surface area contributed by atoms with Gasteiger partial charge in [-0.2, -0.15) is 0 Å². The van der Waals surface area contributed by atoms with E-state index in [-0.39, 0.29) is 0 Å². The second-order valence-electron chi connectivity index (χ2n) is 0.437. The Kier molecular flexibility index (Phi) is 2.37. The van der Waals surface area contributed by atoms with Crippen molar-refractivity contribution in [3.8, 4) is 0 Å². The van der Waals surface area contributed by atoms with Crippen LogP contribution in [0.5, 0.6) is 0 Å². The molecule has 0 saturated carbocycles. The molecule has 0 atom stereocenters. The normalized spacial score (nSPS) is 6.60. The Bertz CT molecular complexity index is 44.9. The van der Waals surface area contributed by atoms with E-state index < -0.39 is 6.09 Å². The molecule has 3 nitrogen and oxygen atoms in total. The molecule has 0 bridgehead atoms. The van der Waals surface area contributed by atoms with Crippen molar-refractivity contribution in [2.75, 3.05) is 0 Å². The van der Waals surface area contributed by atoms with Crippen LogP contribution in [0.25, 0.3) is 0 Å². The molecule has 2 N–H and O–H groups in total. The number of hydrogen-bond acceptors (Lipinski definition) is 2. The molecule has 4 heteroatoms. The summed E-state index contributed by atoms with van der Waals surface area (Å²) in [5.41, 5.74) is 4.46. The fourth-order valence-corrected chi connectivity index (χ4v) is 0. The number of nitrogens with two attached hydrogens (primary N) is 1. The molecule has 0 aromatic heterocycles. The van der Waals surface area contributed by atoms with Gasteiger partial charge in [-0.1, -0.05) is 0 Å². The Labute approximate surface area is 43.5 Å². The zero-order chi connectivity index (χ0) is 4.28. The molecule has 0 aliphatic heterocycles. The summed E-state index contributed by atoms with van der Waals surface area (Å²) in [6.45, 7) is 0. The van der Waals surface area contributed by atoms with Crippen molar-refractivity contribution < 1.29 is 7.81 Å². The molecule has 30 valence electrons. The number of hydrogen-bond donors (Lipinski definition) is 1. The van der Waals surface area contributed by atoms with Crippen LogP contribution < -0.4 is 5.73 Å². The van der Waals surface area contributed by atoms with Crippen LogP contribution in [0.2, 0.25) is 0 Å². The average molecular weight is 184 g/mol. The number of carbonyl (C=O) groups is 1. The molecule has 0 saturated heterocycles. The zero-order valence-corrected chi connectivity index (χ0v) is 5.77. The van der Waals surface area contributed by atoms with Gasteiger partial charge in [0.25, 0.3) is 0 Å². The van der Waals surface area contributed by atoms with Gasteiger partial charge in [0.05, 0.1) is 0 Å². The van der Waals surface area contributed by atoms with Crippen LogP contribution in [-0.2, 0) is 3.02 Å². The Morgan fingerprint density at radius 2 is 2.20 bits per heavy atom. The summed E-state index contributed by atoms with van der Waals surface area (Å²) in [7, 11) is 0. The van der Waals surface area contributed by atoms with E-state index in [1.807, 2.05) is 0 Å². The Balaban J connectivity index is 2.85. The summed E-state index contributed by atoms with van der Waals surface area (Å²) in [5, 5.41) is 0. The van der Waals surface area contributed by atoms with Crippen LogP contribution >= 0.6 is 0 Å². The standard InChI is InChI=1S/CH3NO2.Sb.2H/c2-1(3)4;;;/h2H2,(H,3,4);;;/q;+1;;/p-1. The van der Waals surface area contributed by atoms with E-state index in [4.69, 9.17) is 0 Å². The number of rotatable bonds is 0. The van der Waals surface area contributed by atoms with E-state index in [9.17, 15) is 4.79 Å². The van der Waals surface area contributed by atoms with Gasteiger partial charge in [0.2, 0.25) is 0 Å². The summed E-state index contributed by atoms with van der Waals surface area (Å²) in [6.07, 6.45) is -0.688. The van der Waals surface area contributed by atoms with Gasteiger partial charge in [-0.05, 0) is 0 Å². The maximum absolute atomic E-state index is 9.40. The maximum atomic E-state index is 9.40. The molecule has 0 aromatic carbocycles. The first-order chi connectivity index (χ1) is 2.27. The summed E-state index contributed by atoms with van der Waals surface area (Å²) in [6, 6.07) is 0. The number of carbonyl (C=O) groups excluding carboxylic acids is 1. The van der Waals surface area contributed by atoms with Crippen molar-refractivity contribution in [3.05, 3.63) is 0 Å². The molecule has 0 radical (unpaired) electrons. The van der Waals surface area contributed by atoms with Crippen molar-refractivity contribution in [1.29, 1.82) is 0 Å². The van der Waals surface area contributed by atoms with Gasteiger partial charge in [-0.25, -0.2) is 0 Å². The predicted octanol–water partition coefficient (Wildman–Crippen LogP) is -1.37. The Morgan fingerprint density at radius 1 is 2.00 bits per heavy atom. The van der Waals surface area contributed by atoms with Gasteiger partial charge < -0.3 is 0 Å². The minimum atomic E-state index is -0.688. The van der Waals surface area contributed by atoms with Crippen LogP contribution in [0.15, 0.2) is 0 Å². The zero-order valence-electron chi connectivity index (χ0n) is 2.47. The summed E-state index contributed by atoms with van der Waals surface area (Å²) >= 11 is 0.452. The average Bonchev–Trinajstić information content (AvgIpc) is 1.38. The first kappa shape index (κ1) is 5.09. The fraction of sp³-hybridized carbons (Fsp3) is 0. The van der Waals surface area contributed by atoms with E-state index in [2.05, 4.69) is 8.75 Å². The third kappa shape index (κ3) is 4.09. The van der Waals surface area contributed by atoms with Gasteiger partial charge in [0, 0.05) is 0 Å².